The molecule has 2 N–H and O–H groups in total. The zero-order valence-corrected chi connectivity index (χ0v) is 17.9. The number of anilines is 1. The molecule has 1 aliphatic rings. The van der Waals surface area contributed by atoms with Crippen molar-refractivity contribution in [3.05, 3.63) is 65.4 Å². The number of halogens is 1. The van der Waals surface area contributed by atoms with Gasteiger partial charge in [0.1, 0.15) is 17.5 Å². The van der Waals surface area contributed by atoms with Crippen molar-refractivity contribution in [2.24, 2.45) is 0 Å². The first-order chi connectivity index (χ1) is 16.0. The summed E-state index contributed by atoms with van der Waals surface area (Å²) >= 11 is 0. The van der Waals surface area contributed by atoms with Crippen LogP contribution in [0.25, 0.3) is 17.1 Å². The lowest BCUT2D eigenvalue weighted by atomic mass is 10.1. The second-order valence-electron chi connectivity index (χ2n) is 7.98. The lowest BCUT2D eigenvalue weighted by molar-refractivity contribution is 0.0815. The number of aromatic nitrogens is 4. The highest BCUT2D eigenvalue weighted by atomic mass is 19.1. The van der Waals surface area contributed by atoms with E-state index in [2.05, 4.69) is 20.4 Å². The van der Waals surface area contributed by atoms with E-state index < -0.39 is 6.17 Å². The zero-order valence-electron chi connectivity index (χ0n) is 17.9. The number of ether oxygens (including phenoxy) is 1. The number of hydrogen-bond donors (Lipinski definition) is 2. The molecule has 0 bridgehead atoms. The number of nitrogens with one attached hydrogen (secondary N) is 1. The van der Waals surface area contributed by atoms with Gasteiger partial charge < -0.3 is 19.7 Å². The van der Waals surface area contributed by atoms with Crippen molar-refractivity contribution in [3.8, 4) is 11.5 Å². The normalized spacial score (nSPS) is 17.4. The first-order valence-corrected chi connectivity index (χ1v) is 10.6. The molecule has 3 aromatic heterocycles. The third-order valence-corrected chi connectivity index (χ3v) is 5.53. The number of imidazole rings is 1. The molecule has 1 aromatic carbocycles. The minimum Gasteiger partial charge on any atom is -0.394 e. The first-order valence-electron chi connectivity index (χ1n) is 10.6. The minimum atomic E-state index is -0.905. The van der Waals surface area contributed by atoms with E-state index in [1.807, 2.05) is 31.2 Å². The van der Waals surface area contributed by atoms with E-state index in [0.29, 0.717) is 41.4 Å². The number of pyridine rings is 1. The number of amides is 1. The second-order valence-corrected chi connectivity index (χ2v) is 7.98. The summed E-state index contributed by atoms with van der Waals surface area (Å²) in [4.78, 5) is 21.6. The van der Waals surface area contributed by atoms with Crippen LogP contribution in [0.4, 0.5) is 10.1 Å². The van der Waals surface area contributed by atoms with E-state index in [4.69, 9.17) is 14.4 Å². The molecule has 4 aromatic rings. The van der Waals surface area contributed by atoms with Crippen LogP contribution >= 0.6 is 0 Å². The number of rotatable bonds is 8. The van der Waals surface area contributed by atoms with Crippen molar-refractivity contribution >= 4 is 17.2 Å². The largest absolute Gasteiger partial charge is 0.394 e. The Hall–Kier alpha value is -3.63. The van der Waals surface area contributed by atoms with Crippen LogP contribution in [0.15, 0.2) is 47.2 Å². The van der Waals surface area contributed by atoms with Gasteiger partial charge in [-0.1, -0.05) is 11.2 Å². The van der Waals surface area contributed by atoms with Gasteiger partial charge in [-0.3, -0.25) is 9.20 Å². The number of carbonyl (C=O) groups is 1. The van der Waals surface area contributed by atoms with Gasteiger partial charge >= 0.3 is 0 Å². The van der Waals surface area contributed by atoms with Crippen LogP contribution in [-0.2, 0) is 11.3 Å². The van der Waals surface area contributed by atoms with Crippen LogP contribution < -0.4 is 5.32 Å². The molecule has 1 fully saturated rings. The number of aryl methyl sites for hydroxylation is 1. The molecular weight excluding hydrogens is 429 g/mol. The van der Waals surface area contributed by atoms with Crippen molar-refractivity contribution < 1.29 is 23.6 Å². The molecular formula is C23H22FN5O4. The molecule has 5 rings (SSSR count). The number of benzene rings is 1. The fourth-order valence-electron chi connectivity index (χ4n) is 3.55. The lowest BCUT2D eigenvalue weighted by Crippen LogP contribution is -2.15. The Bertz CT molecular complexity index is 1320. The smallest absolute Gasteiger partial charge is 0.274 e. The van der Waals surface area contributed by atoms with Gasteiger partial charge in [0.15, 0.2) is 5.82 Å². The molecule has 2 atom stereocenters. The Labute approximate surface area is 188 Å². The van der Waals surface area contributed by atoms with E-state index in [9.17, 15) is 9.18 Å². The van der Waals surface area contributed by atoms with Gasteiger partial charge in [-0.2, -0.15) is 4.98 Å². The summed E-state index contributed by atoms with van der Waals surface area (Å²) in [6, 6.07) is 9.08. The van der Waals surface area contributed by atoms with E-state index in [1.54, 1.807) is 16.7 Å². The van der Waals surface area contributed by atoms with Crippen LogP contribution in [0.1, 0.15) is 39.8 Å². The summed E-state index contributed by atoms with van der Waals surface area (Å²) in [7, 11) is 0. The number of alkyl halides is 1. The van der Waals surface area contributed by atoms with Crippen LogP contribution in [0.3, 0.4) is 0 Å². The highest BCUT2D eigenvalue weighted by molar-refractivity contribution is 6.04. The molecule has 0 radical (unpaired) electrons. The Balaban J connectivity index is 1.34. The quantitative estimate of drug-likeness (QED) is 0.395. The SMILES string of the molecule is Cc1ccc(-c2nc([C@H]3C[C@@H]3F)no2)cc1NC(=O)c1cnc2cc(COCCO)ccn12. The van der Waals surface area contributed by atoms with Gasteiger partial charge in [0, 0.05) is 17.4 Å². The molecule has 0 saturated heterocycles. The average Bonchev–Trinajstić information content (AvgIpc) is 3.19. The monoisotopic (exact) mass is 451 g/mol. The third kappa shape index (κ3) is 4.35. The lowest BCUT2D eigenvalue weighted by Gasteiger charge is -2.10. The minimum absolute atomic E-state index is 0.0389. The number of hydrogen-bond acceptors (Lipinski definition) is 7. The fraction of sp³-hybridized carbons (Fsp3) is 0.304. The maximum absolute atomic E-state index is 13.3. The summed E-state index contributed by atoms with van der Waals surface area (Å²) in [5.41, 5.74) is 3.96. The Kier molecular flexibility index (Phi) is 5.61. The van der Waals surface area contributed by atoms with Crippen molar-refractivity contribution in [3.63, 3.8) is 0 Å². The van der Waals surface area contributed by atoms with Crippen molar-refractivity contribution in [1.82, 2.24) is 19.5 Å². The van der Waals surface area contributed by atoms with Gasteiger partial charge in [0.2, 0.25) is 0 Å². The molecule has 0 aliphatic heterocycles. The van der Waals surface area contributed by atoms with Crippen molar-refractivity contribution in [2.75, 3.05) is 18.5 Å². The average molecular weight is 451 g/mol. The van der Waals surface area contributed by atoms with Crippen molar-refractivity contribution in [2.45, 2.75) is 32.0 Å². The molecule has 1 saturated carbocycles. The highest BCUT2D eigenvalue weighted by Crippen LogP contribution is 2.42. The molecule has 1 aliphatic carbocycles. The predicted octanol–water partition coefficient (Wildman–Crippen LogP) is 3.28. The maximum atomic E-state index is 13.3. The summed E-state index contributed by atoms with van der Waals surface area (Å²) in [5.74, 6) is 0.0430. The van der Waals surface area contributed by atoms with Crippen LogP contribution in [-0.4, -0.2) is 49.9 Å². The number of aliphatic hydroxyl groups excluding tert-OH is 1. The number of nitrogens with zero attached hydrogens (tertiary/aromatic N) is 4. The number of carbonyl (C=O) groups excluding carboxylic acids is 1. The Morgan fingerprint density at radius 1 is 1.36 bits per heavy atom. The molecule has 0 unspecified atom stereocenters. The molecule has 1 amide bonds. The summed E-state index contributed by atoms with van der Waals surface area (Å²) in [6.45, 7) is 2.45. The van der Waals surface area contributed by atoms with Gasteiger partial charge in [-0.25, -0.2) is 9.37 Å². The molecule has 0 spiro atoms. The topological polar surface area (TPSA) is 115 Å². The number of aliphatic hydroxyl groups is 1. The summed E-state index contributed by atoms with van der Waals surface area (Å²) < 4.78 is 25.6. The Morgan fingerprint density at radius 3 is 3.00 bits per heavy atom. The van der Waals surface area contributed by atoms with E-state index in [-0.39, 0.29) is 30.9 Å². The number of fused-ring (bicyclic) bond motifs is 1. The van der Waals surface area contributed by atoms with Crippen molar-refractivity contribution in [1.29, 1.82) is 0 Å². The Morgan fingerprint density at radius 2 is 2.21 bits per heavy atom. The summed E-state index contributed by atoms with van der Waals surface area (Å²) in [5, 5.41) is 15.6. The predicted molar refractivity (Wildman–Crippen MR) is 117 cm³/mol. The maximum Gasteiger partial charge on any atom is 0.274 e. The third-order valence-electron chi connectivity index (χ3n) is 5.53. The molecule has 9 nitrogen and oxygen atoms in total. The molecule has 10 heteroatoms. The zero-order chi connectivity index (χ0) is 22.9. The van der Waals surface area contributed by atoms with Crippen LogP contribution in [0, 0.1) is 6.92 Å². The van der Waals surface area contributed by atoms with Crippen LogP contribution in [0.5, 0.6) is 0 Å². The van der Waals surface area contributed by atoms with Gasteiger partial charge in [-0.15, -0.1) is 0 Å². The van der Waals surface area contributed by atoms with Crippen LogP contribution in [0.2, 0.25) is 0 Å². The first kappa shape index (κ1) is 21.2. The van der Waals surface area contributed by atoms with Gasteiger partial charge in [-0.05, 0) is 48.7 Å². The van der Waals surface area contributed by atoms with E-state index in [0.717, 1.165) is 11.1 Å². The summed E-state index contributed by atoms with van der Waals surface area (Å²) in [6.07, 6.45) is 2.78. The van der Waals surface area contributed by atoms with E-state index >= 15 is 0 Å². The standard InChI is InChI=1S/C23H22FN5O4/c1-13-2-3-15(23-27-21(28-33-23)16-10-17(16)24)9-18(13)26-22(31)19-11-25-20-8-14(4-5-29(19)20)12-32-7-6-30/h2-5,8-9,11,16-17,30H,6-7,10,12H2,1H3,(H,26,31)/t16-,17-/m0/s1. The second kappa shape index (κ2) is 8.72. The van der Waals surface area contributed by atoms with Gasteiger partial charge in [0.25, 0.3) is 11.8 Å². The fourth-order valence-corrected chi connectivity index (χ4v) is 3.55. The molecule has 33 heavy (non-hydrogen) atoms. The molecule has 170 valence electrons. The highest BCUT2D eigenvalue weighted by Gasteiger charge is 2.42. The van der Waals surface area contributed by atoms with Gasteiger partial charge in [0.05, 0.1) is 31.9 Å². The van der Waals surface area contributed by atoms with E-state index in [1.165, 1.54) is 6.20 Å². The molecule has 3 heterocycles.